The van der Waals surface area contributed by atoms with Crippen molar-refractivity contribution in [1.82, 2.24) is 5.32 Å². The Hall–Kier alpha value is -1.28. The van der Waals surface area contributed by atoms with E-state index in [0.29, 0.717) is 6.04 Å². The van der Waals surface area contributed by atoms with Crippen LogP contribution in [0.25, 0.3) is 0 Å². The summed E-state index contributed by atoms with van der Waals surface area (Å²) >= 11 is 0. The lowest BCUT2D eigenvalue weighted by atomic mass is 9.98. The summed E-state index contributed by atoms with van der Waals surface area (Å²) in [4.78, 5) is 0. The van der Waals surface area contributed by atoms with Gasteiger partial charge in [0, 0.05) is 6.04 Å². The zero-order valence-corrected chi connectivity index (χ0v) is 11.1. The molecule has 94 valence electrons. The van der Waals surface area contributed by atoms with Crippen LogP contribution in [0.3, 0.4) is 0 Å². The second-order valence-corrected chi connectivity index (χ2v) is 4.19. The van der Waals surface area contributed by atoms with Gasteiger partial charge in [0.25, 0.3) is 0 Å². The van der Waals surface area contributed by atoms with Gasteiger partial charge >= 0.3 is 0 Å². The van der Waals surface area contributed by atoms with Crippen molar-refractivity contribution in [3.8, 4) is 5.75 Å². The van der Waals surface area contributed by atoms with Crippen LogP contribution in [0.5, 0.6) is 5.75 Å². The molecule has 1 atom stereocenters. The first-order valence-electron chi connectivity index (χ1n) is 6.25. The van der Waals surface area contributed by atoms with Crippen molar-refractivity contribution >= 4 is 0 Å². The van der Waals surface area contributed by atoms with E-state index < -0.39 is 0 Å². The third-order valence-electron chi connectivity index (χ3n) is 2.96. The number of rotatable bonds is 7. The van der Waals surface area contributed by atoms with E-state index >= 15 is 0 Å². The minimum atomic E-state index is 0.360. The predicted molar refractivity (Wildman–Crippen MR) is 73.5 cm³/mol. The molecule has 0 amide bonds. The van der Waals surface area contributed by atoms with Gasteiger partial charge in [0.15, 0.2) is 0 Å². The van der Waals surface area contributed by atoms with Crippen molar-refractivity contribution in [3.63, 3.8) is 0 Å². The quantitative estimate of drug-likeness (QED) is 0.725. The van der Waals surface area contributed by atoms with E-state index in [4.69, 9.17) is 4.74 Å². The maximum atomic E-state index is 5.17. The van der Waals surface area contributed by atoms with Crippen LogP contribution < -0.4 is 10.1 Å². The summed E-state index contributed by atoms with van der Waals surface area (Å²) in [5.41, 5.74) is 2.58. The maximum Gasteiger partial charge on any atom is 0.118 e. The molecule has 1 aromatic carbocycles. The number of ether oxygens (including phenoxy) is 1. The summed E-state index contributed by atoms with van der Waals surface area (Å²) in [6.07, 6.45) is 2.04. The van der Waals surface area contributed by atoms with Crippen LogP contribution in [-0.2, 0) is 0 Å². The highest BCUT2D eigenvalue weighted by Gasteiger charge is 2.10. The molecular formula is C15H23NO. The van der Waals surface area contributed by atoms with Gasteiger partial charge in [0.05, 0.1) is 7.11 Å². The summed E-state index contributed by atoms with van der Waals surface area (Å²) in [7, 11) is 1.69. The van der Waals surface area contributed by atoms with Gasteiger partial charge in [-0.25, -0.2) is 0 Å². The number of hydrogen-bond acceptors (Lipinski definition) is 2. The van der Waals surface area contributed by atoms with Gasteiger partial charge in [-0.3, -0.25) is 0 Å². The van der Waals surface area contributed by atoms with E-state index in [-0.39, 0.29) is 0 Å². The minimum absolute atomic E-state index is 0.360. The predicted octanol–water partition coefficient (Wildman–Crippen LogP) is 3.70. The molecule has 1 unspecified atom stereocenters. The molecule has 17 heavy (non-hydrogen) atoms. The molecule has 0 bridgehead atoms. The Morgan fingerprint density at radius 2 is 1.94 bits per heavy atom. The molecule has 0 spiro atoms. The Kier molecular flexibility index (Phi) is 5.78. The average molecular weight is 233 g/mol. The lowest BCUT2D eigenvalue weighted by Gasteiger charge is -2.19. The Bertz CT molecular complexity index is 342. The van der Waals surface area contributed by atoms with Crippen LogP contribution in [-0.4, -0.2) is 13.7 Å². The Morgan fingerprint density at radius 1 is 1.29 bits per heavy atom. The first-order chi connectivity index (χ1) is 8.21. The molecule has 1 rings (SSSR count). The molecule has 2 heteroatoms. The molecule has 0 radical (unpaired) electrons. The first kappa shape index (κ1) is 13.8. The minimum Gasteiger partial charge on any atom is -0.497 e. The van der Waals surface area contributed by atoms with Crippen LogP contribution >= 0.6 is 0 Å². The van der Waals surface area contributed by atoms with Gasteiger partial charge in [-0.05, 0) is 37.1 Å². The summed E-state index contributed by atoms with van der Waals surface area (Å²) in [6, 6.07) is 8.62. The molecule has 0 aliphatic carbocycles. The summed E-state index contributed by atoms with van der Waals surface area (Å²) in [5.74, 6) is 0.901. The molecule has 2 nitrogen and oxygen atoms in total. The van der Waals surface area contributed by atoms with Crippen molar-refractivity contribution in [2.45, 2.75) is 32.7 Å². The van der Waals surface area contributed by atoms with E-state index in [2.05, 4.69) is 37.9 Å². The largest absolute Gasteiger partial charge is 0.497 e. The molecular weight excluding hydrogens is 210 g/mol. The zero-order valence-electron chi connectivity index (χ0n) is 11.1. The topological polar surface area (TPSA) is 21.3 Å². The van der Waals surface area contributed by atoms with E-state index in [1.165, 1.54) is 11.1 Å². The molecule has 1 N–H and O–H groups in total. The van der Waals surface area contributed by atoms with Gasteiger partial charge in [-0.2, -0.15) is 0 Å². The number of benzene rings is 1. The maximum absolute atomic E-state index is 5.17. The van der Waals surface area contributed by atoms with Gasteiger partial charge in [-0.1, -0.05) is 38.1 Å². The van der Waals surface area contributed by atoms with Gasteiger partial charge in [0.1, 0.15) is 5.75 Å². The first-order valence-corrected chi connectivity index (χ1v) is 6.25. The standard InChI is InChI=1S/C15H23NO/c1-5-12(3)11-15(16-6-2)13-7-9-14(17-4)10-8-13/h7-10,15-16H,3,5-6,11H2,1-2,4H3. The van der Waals surface area contributed by atoms with E-state index in [1.54, 1.807) is 7.11 Å². The highest BCUT2D eigenvalue weighted by atomic mass is 16.5. The second-order valence-electron chi connectivity index (χ2n) is 4.19. The number of nitrogens with one attached hydrogen (secondary N) is 1. The van der Waals surface area contributed by atoms with E-state index in [1.807, 2.05) is 12.1 Å². The Balaban J connectivity index is 2.77. The van der Waals surface area contributed by atoms with Crippen molar-refractivity contribution < 1.29 is 4.74 Å². The van der Waals surface area contributed by atoms with Gasteiger partial charge in [0.2, 0.25) is 0 Å². The van der Waals surface area contributed by atoms with Crippen LogP contribution in [0, 0.1) is 0 Å². The lowest BCUT2D eigenvalue weighted by Crippen LogP contribution is -2.21. The highest BCUT2D eigenvalue weighted by Crippen LogP contribution is 2.23. The fraction of sp³-hybridized carbons (Fsp3) is 0.467. The zero-order chi connectivity index (χ0) is 12.7. The smallest absolute Gasteiger partial charge is 0.118 e. The van der Waals surface area contributed by atoms with Crippen molar-refractivity contribution in [2.24, 2.45) is 0 Å². The SMILES string of the molecule is C=C(CC)CC(NCC)c1ccc(OC)cc1. The van der Waals surface area contributed by atoms with Gasteiger partial charge in [-0.15, -0.1) is 0 Å². The van der Waals surface area contributed by atoms with E-state index in [9.17, 15) is 0 Å². The molecule has 0 fully saturated rings. The van der Waals surface area contributed by atoms with Crippen LogP contribution in [0.4, 0.5) is 0 Å². The normalized spacial score (nSPS) is 12.2. The lowest BCUT2D eigenvalue weighted by molar-refractivity contribution is 0.414. The van der Waals surface area contributed by atoms with Crippen molar-refractivity contribution in [2.75, 3.05) is 13.7 Å². The Morgan fingerprint density at radius 3 is 2.41 bits per heavy atom. The molecule has 0 aliphatic rings. The molecule has 0 saturated heterocycles. The number of hydrogen-bond donors (Lipinski definition) is 1. The third-order valence-corrected chi connectivity index (χ3v) is 2.96. The fourth-order valence-electron chi connectivity index (χ4n) is 1.82. The average Bonchev–Trinajstić information content (AvgIpc) is 2.38. The summed E-state index contributed by atoms with van der Waals surface area (Å²) < 4.78 is 5.17. The fourth-order valence-corrected chi connectivity index (χ4v) is 1.82. The summed E-state index contributed by atoms with van der Waals surface area (Å²) in [5, 5.41) is 3.50. The summed E-state index contributed by atoms with van der Waals surface area (Å²) in [6.45, 7) is 9.34. The highest BCUT2D eigenvalue weighted by molar-refractivity contribution is 5.29. The molecule has 0 aliphatic heterocycles. The Labute approximate surface area is 105 Å². The number of methoxy groups -OCH3 is 1. The molecule has 0 heterocycles. The van der Waals surface area contributed by atoms with Crippen LogP contribution in [0.1, 0.15) is 38.3 Å². The van der Waals surface area contributed by atoms with Gasteiger partial charge < -0.3 is 10.1 Å². The molecule has 0 aromatic heterocycles. The van der Waals surface area contributed by atoms with Crippen LogP contribution in [0.2, 0.25) is 0 Å². The third kappa shape index (κ3) is 4.23. The van der Waals surface area contributed by atoms with Crippen LogP contribution in [0.15, 0.2) is 36.4 Å². The molecule has 0 saturated carbocycles. The van der Waals surface area contributed by atoms with Crippen molar-refractivity contribution in [3.05, 3.63) is 42.0 Å². The second kappa shape index (κ2) is 7.13. The van der Waals surface area contributed by atoms with Crippen molar-refractivity contribution in [1.29, 1.82) is 0 Å². The van der Waals surface area contributed by atoms with E-state index in [0.717, 1.165) is 25.1 Å². The monoisotopic (exact) mass is 233 g/mol. The molecule has 1 aromatic rings.